The zero-order chi connectivity index (χ0) is 27.6. The molecule has 0 radical (unpaired) electrons. The van der Waals surface area contributed by atoms with Gasteiger partial charge >= 0.3 is 12.0 Å². The number of pyridine rings is 1. The van der Waals surface area contributed by atoms with Crippen LogP contribution in [0.15, 0.2) is 24.4 Å². The maximum absolute atomic E-state index is 16.4. The minimum atomic E-state index is -2.54. The number of anilines is 1. The molecule has 6 heterocycles. The van der Waals surface area contributed by atoms with Gasteiger partial charge < -0.3 is 30.3 Å². The van der Waals surface area contributed by atoms with Crippen molar-refractivity contribution in [3.05, 3.63) is 35.8 Å². The largest absolute Gasteiger partial charge is 0.508 e. The van der Waals surface area contributed by atoms with Gasteiger partial charge in [0.05, 0.1) is 5.39 Å². The highest BCUT2D eigenvalue weighted by Crippen LogP contribution is 2.46. The van der Waals surface area contributed by atoms with E-state index in [9.17, 15) is 15.3 Å². The summed E-state index contributed by atoms with van der Waals surface area (Å²) in [6.45, 7) is 4.86. The van der Waals surface area contributed by atoms with Gasteiger partial charge in [0.25, 0.3) is 0 Å². The Labute approximate surface area is 231 Å². The summed E-state index contributed by atoms with van der Waals surface area (Å²) in [6, 6.07) is 5.14. The van der Waals surface area contributed by atoms with Crippen molar-refractivity contribution in [2.24, 2.45) is 0 Å². The summed E-state index contributed by atoms with van der Waals surface area (Å²) in [5.41, 5.74) is 0.421. The molecule has 2 aromatic heterocycles. The van der Waals surface area contributed by atoms with E-state index in [1.807, 2.05) is 6.92 Å². The van der Waals surface area contributed by atoms with Crippen molar-refractivity contribution >= 4 is 16.7 Å². The predicted molar refractivity (Wildman–Crippen MR) is 146 cm³/mol. The van der Waals surface area contributed by atoms with E-state index < -0.39 is 17.3 Å². The fourth-order valence-corrected chi connectivity index (χ4v) is 7.42. The fourth-order valence-electron chi connectivity index (χ4n) is 7.42. The number of halogens is 1. The molecule has 0 spiro atoms. The first-order chi connectivity index (χ1) is 19.3. The summed E-state index contributed by atoms with van der Waals surface area (Å²) < 4.78 is 22.2. The number of rotatable bonds is 6. The molecule has 7 rings (SSSR count). The number of fused-ring (bicyclic) bond motifs is 4. The Kier molecular flexibility index (Phi) is 6.12. The number of phenolic OH excluding ortho intramolecular Hbond substituents is 1. The second-order valence-electron chi connectivity index (χ2n) is 11.7. The standard InChI is InChI=1S/C29H35FN6O4/c1-2-17-5-8-20(37)13-21(17)24-23(30)25-22(14-31-24)26(35-15-18-6-7-19(16-35)32-18)34-27(33-25)40-29(38,39)28-9-3-11-36(28)12-4-10-28/h5,8,13-14,18-19,32,37-39H,2-4,6-7,9-12,15-16H2,1H3. The van der Waals surface area contributed by atoms with Crippen LogP contribution in [0.25, 0.3) is 22.2 Å². The molecule has 2 bridgehead atoms. The van der Waals surface area contributed by atoms with Crippen molar-refractivity contribution in [2.75, 3.05) is 31.1 Å². The van der Waals surface area contributed by atoms with Crippen molar-refractivity contribution in [1.29, 1.82) is 0 Å². The lowest BCUT2D eigenvalue weighted by Gasteiger charge is -2.41. The second-order valence-corrected chi connectivity index (χ2v) is 11.7. The number of ether oxygens (including phenoxy) is 1. The number of benzene rings is 1. The Morgan fingerprint density at radius 3 is 2.55 bits per heavy atom. The molecule has 4 fully saturated rings. The molecule has 2 unspecified atom stereocenters. The molecule has 40 heavy (non-hydrogen) atoms. The van der Waals surface area contributed by atoms with Crippen LogP contribution in [0.5, 0.6) is 11.8 Å². The average molecular weight is 551 g/mol. The van der Waals surface area contributed by atoms with Crippen LogP contribution in [0.2, 0.25) is 0 Å². The first kappa shape index (κ1) is 25.8. The number of aromatic nitrogens is 3. The molecule has 212 valence electrons. The summed E-state index contributed by atoms with van der Waals surface area (Å²) in [5.74, 6) is -2.74. The zero-order valence-electron chi connectivity index (χ0n) is 22.6. The third-order valence-corrected chi connectivity index (χ3v) is 9.37. The van der Waals surface area contributed by atoms with Gasteiger partial charge in [0, 0.05) is 36.9 Å². The quantitative estimate of drug-likeness (QED) is 0.340. The zero-order valence-corrected chi connectivity index (χ0v) is 22.6. The van der Waals surface area contributed by atoms with E-state index in [0.29, 0.717) is 61.2 Å². The van der Waals surface area contributed by atoms with E-state index in [0.717, 1.165) is 44.3 Å². The van der Waals surface area contributed by atoms with Crippen LogP contribution in [0.1, 0.15) is 51.0 Å². The second kappa shape index (κ2) is 9.47. The molecule has 4 aliphatic rings. The van der Waals surface area contributed by atoms with Crippen molar-refractivity contribution in [3.8, 4) is 23.0 Å². The first-order valence-corrected chi connectivity index (χ1v) is 14.4. The smallest absolute Gasteiger partial charge is 0.343 e. The average Bonchev–Trinajstić information content (AvgIpc) is 3.63. The van der Waals surface area contributed by atoms with E-state index in [1.165, 1.54) is 6.07 Å². The van der Waals surface area contributed by atoms with Crippen LogP contribution in [-0.2, 0) is 6.42 Å². The molecule has 3 aromatic rings. The summed E-state index contributed by atoms with van der Waals surface area (Å²) in [4.78, 5) is 17.7. The summed E-state index contributed by atoms with van der Waals surface area (Å²) >= 11 is 0. The molecule has 4 N–H and O–H groups in total. The lowest BCUT2D eigenvalue weighted by molar-refractivity contribution is -0.349. The normalized spacial score (nSPS) is 24.1. The minimum absolute atomic E-state index is 0.00993. The van der Waals surface area contributed by atoms with Gasteiger partial charge in [-0.1, -0.05) is 13.0 Å². The third kappa shape index (κ3) is 4.01. The number of aromatic hydroxyl groups is 1. The van der Waals surface area contributed by atoms with Crippen LogP contribution in [0.3, 0.4) is 0 Å². The van der Waals surface area contributed by atoms with Gasteiger partial charge in [0.1, 0.15) is 28.3 Å². The lowest BCUT2D eigenvalue weighted by atomic mass is 9.91. The number of hydrogen-bond donors (Lipinski definition) is 4. The minimum Gasteiger partial charge on any atom is -0.508 e. The van der Waals surface area contributed by atoms with Gasteiger partial charge in [0.2, 0.25) is 0 Å². The number of piperazine rings is 1. The monoisotopic (exact) mass is 550 g/mol. The van der Waals surface area contributed by atoms with E-state index in [4.69, 9.17) is 4.74 Å². The SMILES string of the molecule is CCc1ccc(O)cc1-c1ncc2c(N3CC4CCC(C3)N4)nc(OC(O)(O)C34CCCN3CCC4)nc2c1F. The molecule has 4 saturated heterocycles. The van der Waals surface area contributed by atoms with Crippen LogP contribution in [0, 0.1) is 5.82 Å². The van der Waals surface area contributed by atoms with Crippen molar-refractivity contribution < 1.29 is 24.4 Å². The number of hydrogen-bond acceptors (Lipinski definition) is 10. The summed E-state index contributed by atoms with van der Waals surface area (Å²) in [7, 11) is 0. The number of nitrogens with one attached hydrogen (secondary N) is 1. The van der Waals surface area contributed by atoms with E-state index >= 15 is 4.39 Å². The molecule has 0 amide bonds. The van der Waals surface area contributed by atoms with Gasteiger partial charge in [-0.25, -0.2) is 4.39 Å². The van der Waals surface area contributed by atoms with E-state index in [-0.39, 0.29) is 23.0 Å². The molecule has 0 saturated carbocycles. The van der Waals surface area contributed by atoms with Gasteiger partial charge in [-0.2, -0.15) is 9.97 Å². The predicted octanol–water partition coefficient (Wildman–Crippen LogP) is 2.69. The Morgan fingerprint density at radius 1 is 1.12 bits per heavy atom. The van der Waals surface area contributed by atoms with E-state index in [1.54, 1.807) is 18.3 Å². The number of nitrogens with zero attached hydrogens (tertiary/aromatic N) is 5. The molecule has 1 aromatic carbocycles. The summed E-state index contributed by atoms with van der Waals surface area (Å²) in [5, 5.41) is 36.9. The molecular formula is C29H35FN6O4. The Hall–Kier alpha value is -3.12. The van der Waals surface area contributed by atoms with Gasteiger partial charge in [-0.15, -0.1) is 0 Å². The van der Waals surface area contributed by atoms with Gasteiger partial charge in [0.15, 0.2) is 5.82 Å². The van der Waals surface area contributed by atoms with Crippen LogP contribution >= 0.6 is 0 Å². The Morgan fingerprint density at radius 2 is 1.85 bits per heavy atom. The van der Waals surface area contributed by atoms with Crippen molar-refractivity contribution in [3.63, 3.8) is 0 Å². The maximum atomic E-state index is 16.4. The number of aryl methyl sites for hydroxylation is 1. The fraction of sp³-hybridized carbons (Fsp3) is 0.552. The number of phenols is 1. The highest BCUT2D eigenvalue weighted by Gasteiger charge is 2.60. The van der Waals surface area contributed by atoms with Crippen molar-refractivity contribution in [2.45, 2.75) is 75.5 Å². The summed E-state index contributed by atoms with van der Waals surface area (Å²) in [6.07, 6.45) is 7.15. The molecule has 10 nitrogen and oxygen atoms in total. The topological polar surface area (TPSA) is 127 Å². The van der Waals surface area contributed by atoms with Gasteiger partial charge in [-0.3, -0.25) is 9.88 Å². The lowest BCUT2D eigenvalue weighted by Crippen LogP contribution is -2.62. The Bertz CT molecular complexity index is 1450. The molecule has 0 aliphatic carbocycles. The molecule has 11 heteroatoms. The third-order valence-electron chi connectivity index (χ3n) is 9.37. The van der Waals surface area contributed by atoms with Crippen LogP contribution in [-0.4, -0.2) is 84.9 Å². The molecule has 4 aliphatic heterocycles. The first-order valence-electron chi connectivity index (χ1n) is 14.4. The van der Waals surface area contributed by atoms with Crippen LogP contribution in [0.4, 0.5) is 10.2 Å². The highest BCUT2D eigenvalue weighted by atomic mass is 19.1. The Balaban J connectivity index is 1.37. The molecule has 2 atom stereocenters. The highest BCUT2D eigenvalue weighted by molar-refractivity contribution is 5.92. The van der Waals surface area contributed by atoms with Gasteiger partial charge in [-0.05, 0) is 75.7 Å². The van der Waals surface area contributed by atoms with Crippen molar-refractivity contribution in [1.82, 2.24) is 25.2 Å². The molecular weight excluding hydrogens is 515 g/mol. The number of aliphatic hydroxyl groups is 2. The van der Waals surface area contributed by atoms with Crippen LogP contribution < -0.4 is 15.0 Å². The van der Waals surface area contributed by atoms with E-state index in [2.05, 4.69) is 30.1 Å². The maximum Gasteiger partial charge on any atom is 0.343 e.